The number of fused-ring (bicyclic) bond motifs is 5. The van der Waals surface area contributed by atoms with Crippen LogP contribution in [-0.2, 0) is 38.3 Å². The largest absolute Gasteiger partial charge is 0.509 e. The minimum absolute atomic E-state index is 0. The van der Waals surface area contributed by atoms with Crippen molar-refractivity contribution in [3.8, 4) is 61.8 Å². The van der Waals surface area contributed by atoms with Crippen LogP contribution in [0.5, 0.6) is 11.5 Å². The Morgan fingerprint density at radius 2 is 1.28 bits per heavy atom. The van der Waals surface area contributed by atoms with Crippen LogP contribution < -0.4 is 14.5 Å². The summed E-state index contributed by atoms with van der Waals surface area (Å²) in [4.78, 5) is 8.94. The summed E-state index contributed by atoms with van der Waals surface area (Å²) in [6, 6.07) is 66.2. The van der Waals surface area contributed by atoms with Gasteiger partial charge in [0.1, 0.15) is 5.82 Å². The third-order valence-corrected chi connectivity index (χ3v) is 15.5. The molecular formula is C73H63N4OPt-3. The predicted octanol–water partition coefficient (Wildman–Crippen LogP) is 19.5. The van der Waals surface area contributed by atoms with Gasteiger partial charge in [-0.15, -0.1) is 48.1 Å². The second kappa shape index (κ2) is 20.7. The SMILES string of the molecule is [2H]c1c([2H])c2c(c([2H])c1-c1cccc(-c3cc(-c4ccccc4)cc(-c4ccccc4C([2H])([2H])[2H])c3)c1N1[CH-]N(c3[c-]c(Oc4[c-]c5c(cc4)c4ccccc4n5-c4cc(C([2H])([2H])C(C)C)ccn4)ccc3)c3ccccc31)C(C)(C)CCC2(C)C.[Pt]. The fourth-order valence-electron chi connectivity index (χ4n) is 11.5. The van der Waals surface area contributed by atoms with Crippen LogP contribution in [0.15, 0.2) is 206 Å². The number of hydrogen-bond acceptors (Lipinski definition) is 4. The maximum absolute atomic E-state index is 10.3. The molecule has 0 atom stereocenters. The van der Waals surface area contributed by atoms with E-state index in [-0.39, 0.29) is 50.7 Å². The molecule has 13 rings (SSSR count). The number of anilines is 4. The third-order valence-electron chi connectivity index (χ3n) is 15.5. The zero-order valence-corrected chi connectivity index (χ0v) is 47.3. The average Bonchev–Trinajstić information content (AvgIpc) is 1.25. The summed E-state index contributed by atoms with van der Waals surface area (Å²) >= 11 is 0. The predicted molar refractivity (Wildman–Crippen MR) is 325 cm³/mol. The molecule has 0 radical (unpaired) electrons. The molecule has 0 amide bonds. The molecule has 0 bridgehead atoms. The topological polar surface area (TPSA) is 33.5 Å². The van der Waals surface area contributed by atoms with E-state index >= 15 is 0 Å². The van der Waals surface area contributed by atoms with Gasteiger partial charge in [0.25, 0.3) is 0 Å². The molecule has 394 valence electrons. The molecule has 2 aliphatic rings. The molecule has 1 aliphatic heterocycles. The normalized spacial score (nSPS) is 16.1. The van der Waals surface area contributed by atoms with Gasteiger partial charge in [-0.3, -0.25) is 0 Å². The fourth-order valence-corrected chi connectivity index (χ4v) is 11.5. The Hall–Kier alpha value is -7.98. The molecule has 0 saturated carbocycles. The van der Waals surface area contributed by atoms with Crippen LogP contribution in [0.4, 0.5) is 22.7 Å². The molecule has 6 heteroatoms. The Bertz CT molecular complexity index is 4500. The Kier molecular flexibility index (Phi) is 11.2. The van der Waals surface area contributed by atoms with E-state index in [0.717, 1.165) is 79.4 Å². The van der Waals surface area contributed by atoms with Gasteiger partial charge in [-0.25, -0.2) is 4.98 Å². The number of rotatable bonds is 11. The number of hydrogen-bond donors (Lipinski definition) is 0. The van der Waals surface area contributed by atoms with Gasteiger partial charge in [0, 0.05) is 79.3 Å². The number of ether oxygens (including phenoxy) is 1. The van der Waals surface area contributed by atoms with E-state index in [4.69, 9.17) is 16.6 Å². The fraction of sp³-hybridized carbons (Fsp3) is 0.178. The molecule has 0 fully saturated rings. The van der Waals surface area contributed by atoms with Crippen molar-refractivity contribution in [3.05, 3.63) is 247 Å². The van der Waals surface area contributed by atoms with Gasteiger partial charge >= 0.3 is 0 Å². The van der Waals surface area contributed by atoms with E-state index in [2.05, 4.69) is 61.8 Å². The molecule has 0 N–H and O–H groups in total. The Morgan fingerprint density at radius 3 is 2.08 bits per heavy atom. The molecule has 0 spiro atoms. The van der Waals surface area contributed by atoms with Gasteiger partial charge in [-0.05, 0) is 152 Å². The number of aryl methyl sites for hydroxylation is 1. The monoisotopic (exact) mass is 1210 g/mol. The summed E-state index contributed by atoms with van der Waals surface area (Å²) in [6.07, 6.45) is 1.72. The quantitative estimate of drug-likeness (QED) is 0.121. The smallest absolute Gasteiger partial charge is 0.135 e. The molecule has 2 aromatic heterocycles. The van der Waals surface area contributed by atoms with E-state index in [1.807, 2.05) is 177 Å². The maximum atomic E-state index is 10.3. The first-order valence-electron chi connectivity index (χ1n) is 30.8. The number of pyridine rings is 1. The van der Waals surface area contributed by atoms with Gasteiger partial charge in [-0.1, -0.05) is 168 Å². The zero-order chi connectivity index (χ0) is 60.2. The van der Waals surface area contributed by atoms with Gasteiger partial charge in [-0.2, -0.15) is 12.1 Å². The molecule has 9 aromatic carbocycles. The zero-order valence-electron chi connectivity index (χ0n) is 53.0. The minimum atomic E-state index is -2.40. The summed E-state index contributed by atoms with van der Waals surface area (Å²) in [5.74, 6) is 1.18. The summed E-state index contributed by atoms with van der Waals surface area (Å²) in [6.45, 7) is 11.9. The molecule has 0 saturated heterocycles. The van der Waals surface area contributed by atoms with Crippen molar-refractivity contribution in [2.75, 3.05) is 9.80 Å². The third kappa shape index (κ3) is 9.57. The van der Waals surface area contributed by atoms with E-state index in [0.29, 0.717) is 56.5 Å². The van der Waals surface area contributed by atoms with Crippen LogP contribution >= 0.6 is 0 Å². The Labute approximate surface area is 491 Å². The molecule has 79 heavy (non-hydrogen) atoms. The van der Waals surface area contributed by atoms with E-state index in [9.17, 15) is 4.11 Å². The number of benzene rings is 9. The molecule has 0 unspecified atom stereocenters. The maximum Gasteiger partial charge on any atom is 0.135 e. The molecular weight excluding hydrogens is 1140 g/mol. The van der Waals surface area contributed by atoms with Gasteiger partial charge in [0.15, 0.2) is 0 Å². The standard InChI is InChI=1S/C73H63N4O.Pt/c1-48(2)39-50-35-38-74-70(40-50)77-66-28-14-13-25-62(66)63-33-32-58(46-69(63)77)78-57-23-17-22-56(45-57)75-47-76(68-30-16-15-29-67(68)75)71-60(52-31-34-64-65(44-52)73(6,7)37-36-72(64,4)5)26-18-27-61(71)55-42-53(51-20-9-8-10-21-51)41-54(43-55)59-24-12-11-19-49(59)3;/h8-35,38,40-44,47-48H,36-37,39H2,1-7H3;/q-3;/i3D3,31D,34D,39D2,44D;. The van der Waals surface area contributed by atoms with Crippen LogP contribution in [0.25, 0.3) is 72.1 Å². The molecule has 5 nitrogen and oxygen atoms in total. The molecule has 1 aliphatic carbocycles. The molecule has 11 aromatic rings. The van der Waals surface area contributed by atoms with Crippen molar-refractivity contribution < 1.29 is 36.8 Å². The first-order valence-corrected chi connectivity index (χ1v) is 26.8. The van der Waals surface area contributed by atoms with Gasteiger partial charge in [0.05, 0.1) is 4.11 Å². The Morgan fingerprint density at radius 1 is 0.620 bits per heavy atom. The van der Waals surface area contributed by atoms with Crippen LogP contribution in [-0.4, -0.2) is 9.55 Å². The first-order chi connectivity index (χ1) is 41.1. The van der Waals surface area contributed by atoms with Crippen molar-refractivity contribution in [3.63, 3.8) is 0 Å². The van der Waals surface area contributed by atoms with Crippen LogP contribution in [0, 0.1) is 31.6 Å². The van der Waals surface area contributed by atoms with Crippen molar-refractivity contribution in [2.24, 2.45) is 5.92 Å². The van der Waals surface area contributed by atoms with Crippen molar-refractivity contribution in [2.45, 2.75) is 78.4 Å². The van der Waals surface area contributed by atoms with E-state index in [1.165, 1.54) is 0 Å². The Balaban J connectivity index is 0.00000739. The van der Waals surface area contributed by atoms with Crippen molar-refractivity contribution in [1.29, 1.82) is 0 Å². The van der Waals surface area contributed by atoms with Gasteiger partial charge < -0.3 is 19.1 Å². The summed E-state index contributed by atoms with van der Waals surface area (Å²) in [5, 5.41) is 1.93. The van der Waals surface area contributed by atoms with Crippen LogP contribution in [0.1, 0.15) is 87.6 Å². The van der Waals surface area contributed by atoms with Crippen molar-refractivity contribution >= 4 is 44.6 Å². The average molecular weight is 1220 g/mol. The van der Waals surface area contributed by atoms with Crippen LogP contribution in [0.2, 0.25) is 0 Å². The summed E-state index contributed by atoms with van der Waals surface area (Å²) in [5.41, 5.74) is 11.7. The molecule has 3 heterocycles. The number of aromatic nitrogens is 2. The number of para-hydroxylation sites is 4. The summed E-state index contributed by atoms with van der Waals surface area (Å²) < 4.78 is 82.6. The van der Waals surface area contributed by atoms with E-state index in [1.54, 1.807) is 24.4 Å². The summed E-state index contributed by atoms with van der Waals surface area (Å²) in [7, 11) is 0. The second-order valence-electron chi connectivity index (χ2n) is 22.2. The van der Waals surface area contributed by atoms with Gasteiger partial charge in [0.2, 0.25) is 0 Å². The van der Waals surface area contributed by atoms with Crippen molar-refractivity contribution in [1.82, 2.24) is 9.55 Å². The first kappa shape index (κ1) is 43.0. The van der Waals surface area contributed by atoms with E-state index < -0.39 is 24.1 Å². The van der Waals surface area contributed by atoms with Crippen LogP contribution in [0.3, 0.4) is 0 Å². The minimum Gasteiger partial charge on any atom is -0.509 e. The second-order valence-corrected chi connectivity index (χ2v) is 22.2. The number of nitrogens with zero attached hydrogens (tertiary/aromatic N) is 4.